The number of aryl methyl sites for hydroxylation is 2. The van der Waals surface area contributed by atoms with Crippen LogP contribution >= 0.6 is 0 Å². The Morgan fingerprint density at radius 3 is 2.44 bits per heavy atom. The van der Waals surface area contributed by atoms with Crippen molar-refractivity contribution in [1.82, 2.24) is 0 Å². The van der Waals surface area contributed by atoms with Gasteiger partial charge in [0.2, 0.25) is 0 Å². The highest BCUT2D eigenvalue weighted by atomic mass is 16.5. The van der Waals surface area contributed by atoms with E-state index < -0.39 is 0 Å². The van der Waals surface area contributed by atoms with Gasteiger partial charge >= 0.3 is 0 Å². The van der Waals surface area contributed by atoms with Gasteiger partial charge < -0.3 is 4.74 Å². The zero-order valence-electron chi connectivity index (χ0n) is 9.58. The van der Waals surface area contributed by atoms with Gasteiger partial charge in [-0.1, -0.05) is 29.8 Å². The third-order valence-electron chi connectivity index (χ3n) is 3.04. The molecule has 1 aliphatic heterocycles. The molecule has 2 aromatic rings. The topological polar surface area (TPSA) is 9.23 Å². The first kappa shape index (κ1) is 9.46. The van der Waals surface area contributed by atoms with E-state index in [9.17, 15) is 0 Å². The van der Waals surface area contributed by atoms with Crippen LogP contribution in [0.3, 0.4) is 0 Å². The minimum absolute atomic E-state index is 0.979. The first-order chi connectivity index (χ1) is 7.72. The highest BCUT2D eigenvalue weighted by molar-refractivity contribution is 5.51. The standard InChI is InChI=1S/C15H14O/c1-10-4-6-14-13(7-10)9-12-5-3-11(2)8-15(12)16-14/h3-8H,9H2,1-2H3. The second-order valence-electron chi connectivity index (χ2n) is 4.50. The molecule has 1 nitrogen and oxygen atoms in total. The molecule has 0 radical (unpaired) electrons. The fraction of sp³-hybridized carbons (Fsp3) is 0.200. The summed E-state index contributed by atoms with van der Waals surface area (Å²) < 4.78 is 5.91. The Morgan fingerprint density at radius 1 is 0.812 bits per heavy atom. The van der Waals surface area contributed by atoms with Crippen LogP contribution in [0.15, 0.2) is 36.4 Å². The van der Waals surface area contributed by atoms with E-state index in [0.29, 0.717) is 0 Å². The van der Waals surface area contributed by atoms with E-state index in [1.165, 1.54) is 22.3 Å². The van der Waals surface area contributed by atoms with Crippen LogP contribution in [0.5, 0.6) is 11.5 Å². The molecule has 0 unspecified atom stereocenters. The quantitative estimate of drug-likeness (QED) is 0.545. The summed E-state index contributed by atoms with van der Waals surface area (Å²) in [5.74, 6) is 2.01. The van der Waals surface area contributed by atoms with Crippen LogP contribution in [-0.2, 0) is 6.42 Å². The first-order valence-electron chi connectivity index (χ1n) is 5.59. The molecule has 0 bridgehead atoms. The molecule has 0 atom stereocenters. The third-order valence-corrected chi connectivity index (χ3v) is 3.04. The lowest BCUT2D eigenvalue weighted by atomic mass is 9.98. The van der Waals surface area contributed by atoms with E-state index in [1.54, 1.807) is 0 Å². The summed E-state index contributed by atoms with van der Waals surface area (Å²) in [6.45, 7) is 4.21. The molecule has 0 saturated heterocycles. The van der Waals surface area contributed by atoms with E-state index >= 15 is 0 Å². The van der Waals surface area contributed by atoms with Crippen molar-refractivity contribution in [2.45, 2.75) is 20.3 Å². The molecule has 0 fully saturated rings. The van der Waals surface area contributed by atoms with E-state index in [4.69, 9.17) is 4.74 Å². The average molecular weight is 210 g/mol. The van der Waals surface area contributed by atoms with Gasteiger partial charge in [0.25, 0.3) is 0 Å². The predicted molar refractivity (Wildman–Crippen MR) is 65.2 cm³/mol. The average Bonchev–Trinajstić information content (AvgIpc) is 2.26. The molecule has 2 aromatic carbocycles. The Labute approximate surface area is 95.7 Å². The highest BCUT2D eigenvalue weighted by Gasteiger charge is 2.16. The molecule has 1 heteroatoms. The van der Waals surface area contributed by atoms with Crippen molar-refractivity contribution >= 4 is 0 Å². The van der Waals surface area contributed by atoms with Crippen molar-refractivity contribution in [1.29, 1.82) is 0 Å². The van der Waals surface area contributed by atoms with Crippen LogP contribution in [0, 0.1) is 13.8 Å². The monoisotopic (exact) mass is 210 g/mol. The van der Waals surface area contributed by atoms with Crippen LogP contribution in [0.4, 0.5) is 0 Å². The Morgan fingerprint density at radius 2 is 1.56 bits per heavy atom. The maximum absolute atomic E-state index is 5.91. The van der Waals surface area contributed by atoms with Crippen molar-refractivity contribution in [2.75, 3.05) is 0 Å². The molecule has 0 aliphatic carbocycles. The Hall–Kier alpha value is -1.76. The van der Waals surface area contributed by atoms with E-state index in [0.717, 1.165) is 17.9 Å². The molecule has 1 heterocycles. The number of hydrogen-bond acceptors (Lipinski definition) is 1. The van der Waals surface area contributed by atoms with E-state index in [-0.39, 0.29) is 0 Å². The number of benzene rings is 2. The lowest BCUT2D eigenvalue weighted by molar-refractivity contribution is 0.459. The van der Waals surface area contributed by atoms with E-state index in [1.807, 2.05) is 0 Å². The summed E-state index contributed by atoms with van der Waals surface area (Å²) in [4.78, 5) is 0. The lowest BCUT2D eigenvalue weighted by Crippen LogP contribution is -2.03. The van der Waals surface area contributed by atoms with Gasteiger partial charge in [-0.05, 0) is 42.7 Å². The van der Waals surface area contributed by atoms with Gasteiger partial charge in [-0.15, -0.1) is 0 Å². The molecular formula is C15H14O. The summed E-state index contributed by atoms with van der Waals surface area (Å²) >= 11 is 0. The molecule has 0 N–H and O–H groups in total. The predicted octanol–water partition coefficient (Wildman–Crippen LogP) is 4.00. The fourth-order valence-electron chi connectivity index (χ4n) is 2.17. The van der Waals surface area contributed by atoms with Crippen molar-refractivity contribution in [3.05, 3.63) is 58.7 Å². The van der Waals surface area contributed by atoms with Crippen molar-refractivity contribution < 1.29 is 4.74 Å². The molecule has 0 amide bonds. The smallest absolute Gasteiger partial charge is 0.131 e. The Kier molecular flexibility index (Phi) is 2.00. The Balaban J connectivity index is 2.09. The van der Waals surface area contributed by atoms with Crippen LogP contribution in [0.25, 0.3) is 0 Å². The number of ether oxygens (including phenoxy) is 1. The van der Waals surface area contributed by atoms with Crippen molar-refractivity contribution in [2.24, 2.45) is 0 Å². The van der Waals surface area contributed by atoms with Gasteiger partial charge in [0.1, 0.15) is 11.5 Å². The van der Waals surface area contributed by atoms with Crippen LogP contribution in [-0.4, -0.2) is 0 Å². The minimum atomic E-state index is 0.979. The zero-order valence-corrected chi connectivity index (χ0v) is 9.58. The lowest BCUT2D eigenvalue weighted by Gasteiger charge is -2.20. The number of hydrogen-bond donors (Lipinski definition) is 0. The number of rotatable bonds is 0. The summed E-state index contributed by atoms with van der Waals surface area (Å²) in [5.41, 5.74) is 5.10. The second-order valence-corrected chi connectivity index (χ2v) is 4.50. The summed E-state index contributed by atoms with van der Waals surface area (Å²) in [6.07, 6.45) is 0.979. The van der Waals surface area contributed by atoms with Gasteiger partial charge in [-0.2, -0.15) is 0 Å². The molecule has 3 rings (SSSR count). The molecule has 0 aromatic heterocycles. The maximum atomic E-state index is 5.91. The summed E-state index contributed by atoms with van der Waals surface area (Å²) in [7, 11) is 0. The van der Waals surface area contributed by atoms with Gasteiger partial charge in [0.15, 0.2) is 0 Å². The first-order valence-corrected chi connectivity index (χ1v) is 5.59. The molecular weight excluding hydrogens is 196 g/mol. The van der Waals surface area contributed by atoms with Crippen LogP contribution in [0.2, 0.25) is 0 Å². The molecule has 1 aliphatic rings. The van der Waals surface area contributed by atoms with Gasteiger partial charge in [0.05, 0.1) is 0 Å². The second kappa shape index (κ2) is 3.38. The largest absolute Gasteiger partial charge is 0.457 e. The highest BCUT2D eigenvalue weighted by Crippen LogP contribution is 2.37. The Bertz CT molecular complexity index is 504. The maximum Gasteiger partial charge on any atom is 0.131 e. The van der Waals surface area contributed by atoms with Gasteiger partial charge in [0, 0.05) is 6.42 Å². The number of fused-ring (bicyclic) bond motifs is 2. The molecule has 80 valence electrons. The van der Waals surface area contributed by atoms with Crippen molar-refractivity contribution in [3.63, 3.8) is 0 Å². The van der Waals surface area contributed by atoms with Gasteiger partial charge in [-0.25, -0.2) is 0 Å². The SMILES string of the molecule is Cc1ccc2c(c1)Cc1ccc(C)cc1O2. The summed E-state index contributed by atoms with van der Waals surface area (Å²) in [5, 5.41) is 0. The van der Waals surface area contributed by atoms with Crippen LogP contribution in [0.1, 0.15) is 22.3 Å². The van der Waals surface area contributed by atoms with Crippen molar-refractivity contribution in [3.8, 4) is 11.5 Å². The van der Waals surface area contributed by atoms with Gasteiger partial charge in [-0.3, -0.25) is 0 Å². The molecule has 0 saturated carbocycles. The molecule has 0 spiro atoms. The normalized spacial score (nSPS) is 12.6. The van der Waals surface area contributed by atoms with Crippen LogP contribution < -0.4 is 4.74 Å². The molecule has 16 heavy (non-hydrogen) atoms. The minimum Gasteiger partial charge on any atom is -0.457 e. The fourth-order valence-corrected chi connectivity index (χ4v) is 2.17. The third kappa shape index (κ3) is 1.49. The zero-order chi connectivity index (χ0) is 11.1. The summed E-state index contributed by atoms with van der Waals surface area (Å²) in [6, 6.07) is 12.8. The van der Waals surface area contributed by atoms with E-state index in [2.05, 4.69) is 50.2 Å².